The molecule has 1 atom stereocenters. The average Bonchev–Trinajstić information content (AvgIpc) is 2.28. The molecule has 0 amide bonds. The molecule has 0 saturated carbocycles. The molecule has 0 bridgehead atoms. The fourth-order valence-electron chi connectivity index (χ4n) is 1.71. The molecular formula is C13H19ClN2O2. The number of para-hydroxylation sites is 1. The van der Waals surface area contributed by atoms with Crippen LogP contribution in [0, 0.1) is 16.0 Å². The zero-order valence-electron chi connectivity index (χ0n) is 10.9. The largest absolute Gasteiger partial charge is 0.376 e. The first-order chi connectivity index (χ1) is 8.41. The highest BCUT2D eigenvalue weighted by Gasteiger charge is 2.18. The number of nitrogens with one attached hydrogen (secondary N) is 1. The van der Waals surface area contributed by atoms with Gasteiger partial charge in [-0.2, -0.15) is 0 Å². The predicted octanol–water partition coefficient (Wildman–Crippen LogP) is 4.48. The number of nitro groups is 1. The summed E-state index contributed by atoms with van der Waals surface area (Å²) in [6.45, 7) is 6.32. The van der Waals surface area contributed by atoms with Gasteiger partial charge in [0.05, 0.1) is 9.95 Å². The highest BCUT2D eigenvalue weighted by Crippen LogP contribution is 2.32. The zero-order valence-corrected chi connectivity index (χ0v) is 11.7. The van der Waals surface area contributed by atoms with E-state index in [-0.39, 0.29) is 11.7 Å². The van der Waals surface area contributed by atoms with Gasteiger partial charge in [0.2, 0.25) is 0 Å². The van der Waals surface area contributed by atoms with Crippen LogP contribution < -0.4 is 5.32 Å². The van der Waals surface area contributed by atoms with Gasteiger partial charge in [0.15, 0.2) is 0 Å². The first-order valence-electron chi connectivity index (χ1n) is 6.11. The van der Waals surface area contributed by atoms with Crippen molar-refractivity contribution in [3.8, 4) is 0 Å². The smallest absolute Gasteiger partial charge is 0.293 e. The Morgan fingerprint density at radius 1 is 1.33 bits per heavy atom. The molecule has 1 aromatic rings. The molecule has 0 aromatic heterocycles. The number of nitro benzene ring substituents is 1. The summed E-state index contributed by atoms with van der Waals surface area (Å²) in [7, 11) is 0. The molecule has 18 heavy (non-hydrogen) atoms. The second kappa shape index (κ2) is 6.59. The maximum absolute atomic E-state index is 10.9. The number of hydrogen-bond acceptors (Lipinski definition) is 3. The van der Waals surface area contributed by atoms with Crippen molar-refractivity contribution in [2.45, 2.75) is 39.7 Å². The van der Waals surface area contributed by atoms with Gasteiger partial charge >= 0.3 is 0 Å². The van der Waals surface area contributed by atoms with Gasteiger partial charge in [-0.15, -0.1) is 0 Å². The van der Waals surface area contributed by atoms with Crippen molar-refractivity contribution in [3.05, 3.63) is 33.3 Å². The molecule has 4 nitrogen and oxygen atoms in total. The molecule has 0 aliphatic heterocycles. The van der Waals surface area contributed by atoms with Crippen LogP contribution >= 0.6 is 11.6 Å². The summed E-state index contributed by atoms with van der Waals surface area (Å²) in [6.07, 6.45) is 2.03. The molecule has 0 fully saturated rings. The van der Waals surface area contributed by atoms with Gasteiger partial charge in [-0.05, 0) is 31.7 Å². The van der Waals surface area contributed by atoms with Gasteiger partial charge in [0, 0.05) is 12.1 Å². The van der Waals surface area contributed by atoms with Crippen LogP contribution in [-0.4, -0.2) is 11.0 Å². The Morgan fingerprint density at radius 2 is 2.00 bits per heavy atom. The predicted molar refractivity (Wildman–Crippen MR) is 75.3 cm³/mol. The van der Waals surface area contributed by atoms with Gasteiger partial charge in [0.25, 0.3) is 5.69 Å². The monoisotopic (exact) mass is 270 g/mol. The highest BCUT2D eigenvalue weighted by molar-refractivity contribution is 6.33. The number of benzene rings is 1. The summed E-state index contributed by atoms with van der Waals surface area (Å²) in [5.74, 6) is 0.621. The van der Waals surface area contributed by atoms with Crippen molar-refractivity contribution in [2.24, 2.45) is 5.92 Å². The Kier molecular flexibility index (Phi) is 5.41. The van der Waals surface area contributed by atoms with E-state index in [0.717, 1.165) is 12.8 Å². The fourth-order valence-corrected chi connectivity index (χ4v) is 1.93. The van der Waals surface area contributed by atoms with E-state index in [1.807, 2.05) is 6.92 Å². The van der Waals surface area contributed by atoms with Crippen LogP contribution in [0.1, 0.15) is 33.6 Å². The van der Waals surface area contributed by atoms with E-state index in [9.17, 15) is 10.1 Å². The second-order valence-electron chi connectivity index (χ2n) is 4.91. The van der Waals surface area contributed by atoms with Crippen LogP contribution in [0.2, 0.25) is 5.02 Å². The molecule has 0 radical (unpaired) electrons. The third-order valence-corrected chi connectivity index (χ3v) is 3.07. The fraction of sp³-hybridized carbons (Fsp3) is 0.538. The van der Waals surface area contributed by atoms with Crippen LogP contribution in [0.5, 0.6) is 0 Å². The molecule has 0 heterocycles. The number of halogens is 1. The van der Waals surface area contributed by atoms with Crippen molar-refractivity contribution >= 4 is 23.0 Å². The molecule has 0 saturated heterocycles. The quantitative estimate of drug-likeness (QED) is 0.612. The van der Waals surface area contributed by atoms with E-state index in [4.69, 9.17) is 11.6 Å². The Labute approximate surface area is 112 Å². The molecule has 5 heteroatoms. The summed E-state index contributed by atoms with van der Waals surface area (Å²) in [6, 6.07) is 4.87. The van der Waals surface area contributed by atoms with Gasteiger partial charge in [-0.25, -0.2) is 0 Å². The lowest BCUT2D eigenvalue weighted by atomic mass is 10.0. The molecule has 1 aromatic carbocycles. The van der Waals surface area contributed by atoms with Gasteiger partial charge < -0.3 is 5.32 Å². The van der Waals surface area contributed by atoms with Crippen molar-refractivity contribution in [2.75, 3.05) is 5.32 Å². The Balaban J connectivity index is 2.80. The van der Waals surface area contributed by atoms with Crippen molar-refractivity contribution in [1.29, 1.82) is 0 Å². The first kappa shape index (κ1) is 14.8. The van der Waals surface area contributed by atoms with Crippen LogP contribution in [0.3, 0.4) is 0 Å². The topological polar surface area (TPSA) is 55.2 Å². The van der Waals surface area contributed by atoms with Crippen LogP contribution in [-0.2, 0) is 0 Å². The minimum atomic E-state index is -0.413. The summed E-state index contributed by atoms with van der Waals surface area (Å²) >= 11 is 6.01. The lowest BCUT2D eigenvalue weighted by molar-refractivity contribution is -0.384. The Hall–Kier alpha value is -1.29. The number of anilines is 1. The highest BCUT2D eigenvalue weighted by atomic mass is 35.5. The van der Waals surface area contributed by atoms with E-state index < -0.39 is 4.92 Å². The van der Waals surface area contributed by atoms with Gasteiger partial charge in [0.1, 0.15) is 5.69 Å². The number of hydrogen-bond donors (Lipinski definition) is 1. The first-order valence-corrected chi connectivity index (χ1v) is 6.49. The number of rotatable bonds is 6. The lowest BCUT2D eigenvalue weighted by Crippen LogP contribution is -2.17. The van der Waals surface area contributed by atoms with Crippen LogP contribution in [0.4, 0.5) is 11.4 Å². The molecule has 1 unspecified atom stereocenters. The molecule has 1 N–H and O–H groups in total. The normalized spacial score (nSPS) is 12.5. The van der Waals surface area contributed by atoms with E-state index >= 15 is 0 Å². The summed E-state index contributed by atoms with van der Waals surface area (Å²) < 4.78 is 0. The maximum atomic E-state index is 10.9. The van der Waals surface area contributed by atoms with Crippen LogP contribution in [0.25, 0.3) is 0 Å². The van der Waals surface area contributed by atoms with Crippen molar-refractivity contribution < 1.29 is 4.92 Å². The van der Waals surface area contributed by atoms with Crippen LogP contribution in [0.15, 0.2) is 18.2 Å². The molecule has 1 rings (SSSR count). The molecule has 0 aliphatic rings. The maximum Gasteiger partial charge on any atom is 0.293 e. The van der Waals surface area contributed by atoms with E-state index in [2.05, 4.69) is 19.2 Å². The van der Waals surface area contributed by atoms with E-state index in [1.165, 1.54) is 6.07 Å². The molecule has 0 aliphatic carbocycles. The molecule has 0 spiro atoms. The van der Waals surface area contributed by atoms with Gasteiger partial charge in [-0.3, -0.25) is 10.1 Å². The zero-order chi connectivity index (χ0) is 13.7. The lowest BCUT2D eigenvalue weighted by Gasteiger charge is -2.17. The third-order valence-electron chi connectivity index (χ3n) is 2.76. The number of nitrogens with zero attached hydrogens (tertiary/aromatic N) is 1. The standard InChI is InChI=1S/C13H19ClN2O2/c1-9(2)7-8-10(3)15-13-11(14)5-4-6-12(13)16(17)18/h4-6,9-10,15H,7-8H2,1-3H3. The molecular weight excluding hydrogens is 252 g/mol. The minimum Gasteiger partial charge on any atom is -0.376 e. The minimum absolute atomic E-state index is 0.0268. The average molecular weight is 271 g/mol. The van der Waals surface area contributed by atoms with E-state index in [1.54, 1.807) is 12.1 Å². The summed E-state index contributed by atoms with van der Waals surface area (Å²) in [5.41, 5.74) is 0.444. The third kappa shape index (κ3) is 4.18. The van der Waals surface area contributed by atoms with E-state index in [0.29, 0.717) is 16.6 Å². The second-order valence-corrected chi connectivity index (χ2v) is 5.31. The van der Waals surface area contributed by atoms with Crippen molar-refractivity contribution in [1.82, 2.24) is 0 Å². The molecule has 100 valence electrons. The summed E-state index contributed by atoms with van der Waals surface area (Å²) in [4.78, 5) is 10.5. The Morgan fingerprint density at radius 3 is 2.56 bits per heavy atom. The SMILES string of the molecule is CC(C)CCC(C)Nc1c(Cl)cccc1[N+](=O)[O-]. The Bertz CT molecular complexity index is 421. The van der Waals surface area contributed by atoms with Crippen molar-refractivity contribution in [3.63, 3.8) is 0 Å². The summed E-state index contributed by atoms with van der Waals surface area (Å²) in [5, 5.41) is 14.5. The van der Waals surface area contributed by atoms with Gasteiger partial charge in [-0.1, -0.05) is 31.5 Å².